The van der Waals surface area contributed by atoms with Crippen LogP contribution in [-0.4, -0.2) is 5.11 Å². The lowest BCUT2D eigenvalue weighted by atomic mass is 9.99. The molecule has 20 heavy (non-hydrogen) atoms. The van der Waals surface area contributed by atoms with Gasteiger partial charge in [0, 0.05) is 21.7 Å². The van der Waals surface area contributed by atoms with Crippen molar-refractivity contribution in [2.45, 2.75) is 26.3 Å². The van der Waals surface area contributed by atoms with Gasteiger partial charge >= 0.3 is 0 Å². The minimum Gasteiger partial charge on any atom is -0.502 e. The van der Waals surface area contributed by atoms with Gasteiger partial charge in [0.2, 0.25) is 6.20 Å². The number of pyridine rings is 1. The summed E-state index contributed by atoms with van der Waals surface area (Å²) in [6.45, 7) is 2.91. The molecule has 102 valence electrons. The fourth-order valence-electron chi connectivity index (χ4n) is 2.38. The fraction of sp³-hybridized carbons (Fsp3) is 0.235. The van der Waals surface area contributed by atoms with Crippen LogP contribution in [0.2, 0.25) is 0 Å². The van der Waals surface area contributed by atoms with Crippen molar-refractivity contribution in [1.82, 2.24) is 0 Å². The maximum atomic E-state index is 10.2. The number of rotatable bonds is 3. The first-order chi connectivity index (χ1) is 9.63. The Morgan fingerprint density at radius 1 is 1.15 bits per heavy atom. The predicted octanol–water partition coefficient (Wildman–Crippen LogP) is 4.10. The number of aromatic hydroxyl groups is 1. The van der Waals surface area contributed by atoms with Crippen molar-refractivity contribution in [3.05, 3.63) is 58.3 Å². The Hall–Kier alpha value is -1.61. The standard InChI is InChI=1S/C17H16BrNO/c1-12-2-4-13(5-3-12)15-8-9-19(11-17(15)20)10-14-6-7-16(14)18/h2-5,8-9,11H,6-7,10H2,1H3/p+1. The molecule has 2 nitrogen and oxygen atoms in total. The molecule has 3 heteroatoms. The van der Waals surface area contributed by atoms with Crippen LogP contribution in [0.5, 0.6) is 5.75 Å². The van der Waals surface area contributed by atoms with Gasteiger partial charge in [-0.1, -0.05) is 45.8 Å². The van der Waals surface area contributed by atoms with E-state index in [-0.39, 0.29) is 0 Å². The van der Waals surface area contributed by atoms with Crippen LogP contribution in [0.4, 0.5) is 0 Å². The van der Waals surface area contributed by atoms with Crippen LogP contribution in [0.1, 0.15) is 18.4 Å². The summed E-state index contributed by atoms with van der Waals surface area (Å²) in [6, 6.07) is 10.2. The molecule has 0 atom stereocenters. The quantitative estimate of drug-likeness (QED) is 0.842. The number of aryl methyl sites for hydroxylation is 1. The van der Waals surface area contributed by atoms with Crippen LogP contribution >= 0.6 is 15.9 Å². The number of halogens is 1. The molecule has 1 aliphatic rings. The van der Waals surface area contributed by atoms with E-state index in [1.54, 1.807) is 6.20 Å². The van der Waals surface area contributed by atoms with E-state index in [1.165, 1.54) is 15.6 Å². The van der Waals surface area contributed by atoms with Crippen LogP contribution < -0.4 is 4.57 Å². The highest BCUT2D eigenvalue weighted by atomic mass is 79.9. The Bertz CT molecular complexity index is 674. The van der Waals surface area contributed by atoms with Crippen molar-refractivity contribution in [2.24, 2.45) is 0 Å². The number of benzene rings is 1. The fourth-order valence-corrected chi connectivity index (χ4v) is 2.90. The van der Waals surface area contributed by atoms with Gasteiger partial charge in [0.05, 0.1) is 0 Å². The van der Waals surface area contributed by atoms with Crippen LogP contribution in [0.25, 0.3) is 11.1 Å². The van der Waals surface area contributed by atoms with Crippen molar-refractivity contribution < 1.29 is 9.67 Å². The average molecular weight is 331 g/mol. The molecule has 0 spiro atoms. The SMILES string of the molecule is Cc1ccc(-c2cc[n+](CC3=C(Br)CC3)cc2O)cc1. The molecule has 1 aromatic carbocycles. The maximum Gasteiger partial charge on any atom is 0.211 e. The van der Waals surface area contributed by atoms with E-state index in [9.17, 15) is 5.11 Å². The third-order valence-electron chi connectivity index (χ3n) is 3.76. The first-order valence-corrected chi connectivity index (χ1v) is 7.58. The van der Waals surface area contributed by atoms with Gasteiger partial charge in [-0.25, -0.2) is 0 Å². The van der Waals surface area contributed by atoms with E-state index < -0.39 is 0 Å². The third-order valence-corrected chi connectivity index (χ3v) is 4.72. The highest BCUT2D eigenvalue weighted by Crippen LogP contribution is 2.33. The Kier molecular flexibility index (Phi) is 3.62. The Labute approximate surface area is 127 Å². The molecule has 1 aromatic heterocycles. The van der Waals surface area contributed by atoms with E-state index in [0.29, 0.717) is 5.75 Å². The normalized spacial score (nSPS) is 14.3. The number of allylic oxidation sites excluding steroid dienone is 2. The second-order valence-electron chi connectivity index (χ2n) is 5.29. The van der Waals surface area contributed by atoms with Crippen molar-refractivity contribution >= 4 is 15.9 Å². The highest BCUT2D eigenvalue weighted by molar-refractivity contribution is 9.11. The lowest BCUT2D eigenvalue weighted by Crippen LogP contribution is -2.35. The molecule has 0 amide bonds. The summed E-state index contributed by atoms with van der Waals surface area (Å²) in [4.78, 5) is 0. The van der Waals surface area contributed by atoms with E-state index in [4.69, 9.17) is 0 Å². The summed E-state index contributed by atoms with van der Waals surface area (Å²) >= 11 is 3.56. The molecule has 0 aliphatic heterocycles. The van der Waals surface area contributed by atoms with Gasteiger partial charge in [-0.15, -0.1) is 0 Å². The summed E-state index contributed by atoms with van der Waals surface area (Å²) in [5.74, 6) is 0.326. The van der Waals surface area contributed by atoms with Gasteiger partial charge in [0.15, 0.2) is 18.5 Å². The van der Waals surface area contributed by atoms with Crippen molar-refractivity contribution in [1.29, 1.82) is 0 Å². The predicted molar refractivity (Wildman–Crippen MR) is 83.7 cm³/mol. The van der Waals surface area contributed by atoms with Crippen LogP contribution in [0.3, 0.4) is 0 Å². The van der Waals surface area contributed by atoms with Gasteiger partial charge in [-0.2, -0.15) is 4.57 Å². The van der Waals surface area contributed by atoms with E-state index in [0.717, 1.165) is 30.5 Å². The molecule has 0 bridgehead atoms. The van der Waals surface area contributed by atoms with Gasteiger partial charge in [0.25, 0.3) is 0 Å². The van der Waals surface area contributed by atoms with Crippen LogP contribution in [0, 0.1) is 6.92 Å². The Balaban J connectivity index is 1.87. The van der Waals surface area contributed by atoms with Gasteiger partial charge < -0.3 is 5.11 Å². The molecule has 0 saturated heterocycles. The van der Waals surface area contributed by atoms with Gasteiger partial charge in [0.1, 0.15) is 0 Å². The minimum absolute atomic E-state index is 0.326. The molecule has 0 unspecified atom stereocenters. The lowest BCUT2D eigenvalue weighted by molar-refractivity contribution is -0.689. The zero-order valence-corrected chi connectivity index (χ0v) is 13.0. The molecule has 2 aromatic rings. The molecule has 1 N–H and O–H groups in total. The summed E-state index contributed by atoms with van der Waals surface area (Å²) in [5, 5.41) is 10.2. The molecular formula is C17H17BrNO+. The molecule has 1 aliphatic carbocycles. The number of nitrogens with zero attached hydrogens (tertiary/aromatic N) is 1. The zero-order valence-electron chi connectivity index (χ0n) is 11.4. The molecule has 1 heterocycles. The second-order valence-corrected chi connectivity index (χ2v) is 6.25. The monoisotopic (exact) mass is 330 g/mol. The summed E-state index contributed by atoms with van der Waals surface area (Å²) in [5.41, 5.74) is 4.56. The van der Waals surface area contributed by atoms with Gasteiger partial charge in [-0.05, 0) is 25.3 Å². The maximum absolute atomic E-state index is 10.2. The smallest absolute Gasteiger partial charge is 0.211 e. The Morgan fingerprint density at radius 3 is 2.45 bits per heavy atom. The van der Waals surface area contributed by atoms with E-state index >= 15 is 0 Å². The number of hydrogen-bond acceptors (Lipinski definition) is 1. The highest BCUT2D eigenvalue weighted by Gasteiger charge is 2.19. The molecule has 0 fully saturated rings. The van der Waals surface area contributed by atoms with Crippen molar-refractivity contribution in [2.75, 3.05) is 0 Å². The van der Waals surface area contributed by atoms with Gasteiger partial charge in [-0.3, -0.25) is 0 Å². The number of aromatic nitrogens is 1. The minimum atomic E-state index is 0.326. The topological polar surface area (TPSA) is 24.1 Å². The zero-order chi connectivity index (χ0) is 14.1. The second kappa shape index (κ2) is 5.41. The number of hydrogen-bond donors (Lipinski definition) is 1. The first-order valence-electron chi connectivity index (χ1n) is 6.79. The largest absolute Gasteiger partial charge is 0.502 e. The summed E-state index contributed by atoms with van der Waals surface area (Å²) in [6.07, 6.45) is 6.12. The summed E-state index contributed by atoms with van der Waals surface area (Å²) in [7, 11) is 0. The van der Waals surface area contributed by atoms with Crippen LogP contribution in [0.15, 0.2) is 52.8 Å². The first kappa shape index (κ1) is 13.4. The Morgan fingerprint density at radius 2 is 1.90 bits per heavy atom. The average Bonchev–Trinajstić information content (AvgIpc) is 2.44. The molecule has 3 rings (SSSR count). The van der Waals surface area contributed by atoms with Crippen LogP contribution in [-0.2, 0) is 6.54 Å². The third kappa shape index (κ3) is 2.63. The molecule has 0 radical (unpaired) electrons. The summed E-state index contributed by atoms with van der Waals surface area (Å²) < 4.78 is 3.34. The van der Waals surface area contributed by atoms with E-state index in [1.807, 2.05) is 29.0 Å². The molecular weight excluding hydrogens is 314 g/mol. The van der Waals surface area contributed by atoms with E-state index in [2.05, 4.69) is 35.0 Å². The van der Waals surface area contributed by atoms with Crippen molar-refractivity contribution in [3.63, 3.8) is 0 Å². The lowest BCUT2D eigenvalue weighted by Gasteiger charge is -2.16. The van der Waals surface area contributed by atoms with Crippen molar-refractivity contribution in [3.8, 4) is 16.9 Å². The molecule has 0 saturated carbocycles.